The highest BCUT2D eigenvalue weighted by Gasteiger charge is 2.40. The lowest BCUT2D eigenvalue weighted by Gasteiger charge is -2.32. The smallest absolute Gasteiger partial charge is 0.253 e. The Labute approximate surface area is 165 Å². The van der Waals surface area contributed by atoms with Crippen LogP contribution in [-0.2, 0) is 11.2 Å². The minimum absolute atomic E-state index is 0.0253. The molecule has 0 spiro atoms. The highest BCUT2D eigenvalue weighted by molar-refractivity contribution is 5.97. The lowest BCUT2D eigenvalue weighted by Crippen LogP contribution is -2.53. The van der Waals surface area contributed by atoms with Crippen LogP contribution in [0.4, 0.5) is 0 Å². The molecule has 1 aromatic heterocycles. The van der Waals surface area contributed by atoms with E-state index in [4.69, 9.17) is 0 Å². The van der Waals surface area contributed by atoms with Gasteiger partial charge in [0.25, 0.3) is 5.91 Å². The molecular weight excluding hydrogens is 352 g/mol. The number of hydrogen-bond donors (Lipinski definition) is 2. The molecule has 3 atom stereocenters. The van der Waals surface area contributed by atoms with Gasteiger partial charge in [0.2, 0.25) is 5.91 Å². The summed E-state index contributed by atoms with van der Waals surface area (Å²) in [7, 11) is 0. The SMILES string of the molecule is O=C(NC(Cc1ccccc1)C(=O)N1C2CCNCC1CC2)c1cccnc1. The van der Waals surface area contributed by atoms with E-state index in [1.165, 1.54) is 6.20 Å². The average Bonchev–Trinajstić information content (AvgIpc) is 3.00. The van der Waals surface area contributed by atoms with Crippen molar-refractivity contribution >= 4 is 11.8 Å². The van der Waals surface area contributed by atoms with Crippen LogP contribution in [0.25, 0.3) is 0 Å². The van der Waals surface area contributed by atoms with Crippen molar-refractivity contribution in [3.63, 3.8) is 0 Å². The van der Waals surface area contributed by atoms with E-state index in [1.54, 1.807) is 18.3 Å². The molecule has 3 unspecified atom stereocenters. The number of fused-ring (bicyclic) bond motifs is 2. The van der Waals surface area contributed by atoms with Crippen LogP contribution in [0.15, 0.2) is 54.9 Å². The summed E-state index contributed by atoms with van der Waals surface area (Å²) in [6, 6.07) is 13.2. The minimum atomic E-state index is -0.587. The molecule has 1 aromatic carbocycles. The Hall–Kier alpha value is -2.73. The largest absolute Gasteiger partial charge is 0.340 e. The summed E-state index contributed by atoms with van der Waals surface area (Å²) in [5.41, 5.74) is 1.50. The third-order valence-corrected chi connectivity index (χ3v) is 5.72. The fraction of sp³-hybridized carbons (Fsp3) is 0.409. The van der Waals surface area contributed by atoms with Gasteiger partial charge >= 0.3 is 0 Å². The third kappa shape index (κ3) is 4.07. The zero-order valence-electron chi connectivity index (χ0n) is 15.9. The van der Waals surface area contributed by atoms with Crippen LogP contribution in [0, 0.1) is 0 Å². The molecule has 2 bridgehead atoms. The first-order valence-electron chi connectivity index (χ1n) is 10.00. The number of rotatable bonds is 5. The molecule has 2 aliphatic heterocycles. The first-order chi connectivity index (χ1) is 13.7. The number of hydrogen-bond acceptors (Lipinski definition) is 4. The topological polar surface area (TPSA) is 74.3 Å². The van der Waals surface area contributed by atoms with Gasteiger partial charge in [0.05, 0.1) is 5.56 Å². The second-order valence-electron chi connectivity index (χ2n) is 7.58. The maximum atomic E-state index is 13.6. The molecule has 0 radical (unpaired) electrons. The van der Waals surface area contributed by atoms with Crippen molar-refractivity contribution in [3.8, 4) is 0 Å². The van der Waals surface area contributed by atoms with Crippen LogP contribution in [0.3, 0.4) is 0 Å². The molecular formula is C22H26N4O2. The molecule has 3 heterocycles. The second-order valence-corrected chi connectivity index (χ2v) is 7.58. The van der Waals surface area contributed by atoms with Crippen molar-refractivity contribution in [1.82, 2.24) is 20.5 Å². The number of benzene rings is 1. The Morgan fingerprint density at radius 1 is 1.11 bits per heavy atom. The summed E-state index contributed by atoms with van der Waals surface area (Å²) in [5.74, 6) is -0.236. The predicted octanol–water partition coefficient (Wildman–Crippen LogP) is 1.78. The number of nitrogens with one attached hydrogen (secondary N) is 2. The van der Waals surface area contributed by atoms with E-state index in [1.807, 2.05) is 35.2 Å². The monoisotopic (exact) mass is 378 g/mol. The molecule has 28 heavy (non-hydrogen) atoms. The standard InChI is InChI=1S/C22H26N4O2/c27-21(17-7-4-11-23-14-17)25-20(13-16-5-2-1-3-6-16)22(28)26-18-8-9-19(26)15-24-12-10-18/h1-7,11,14,18-20,24H,8-10,12-13,15H2,(H,25,27). The van der Waals surface area contributed by atoms with Gasteiger partial charge in [-0.2, -0.15) is 0 Å². The molecule has 4 rings (SSSR count). The van der Waals surface area contributed by atoms with Gasteiger partial charge in [-0.05, 0) is 43.5 Å². The molecule has 2 saturated heterocycles. The highest BCUT2D eigenvalue weighted by Crippen LogP contribution is 2.29. The Morgan fingerprint density at radius 2 is 1.93 bits per heavy atom. The van der Waals surface area contributed by atoms with Gasteiger partial charge in [0.15, 0.2) is 0 Å². The number of pyridine rings is 1. The second kappa shape index (κ2) is 8.52. The number of amides is 2. The minimum Gasteiger partial charge on any atom is -0.340 e. The van der Waals surface area contributed by atoms with E-state index in [0.29, 0.717) is 12.0 Å². The summed E-state index contributed by atoms with van der Waals surface area (Å²) in [4.78, 5) is 32.3. The molecule has 146 valence electrons. The Balaban J connectivity index is 1.57. The van der Waals surface area contributed by atoms with Gasteiger partial charge in [0.1, 0.15) is 6.04 Å². The first kappa shape index (κ1) is 18.6. The van der Waals surface area contributed by atoms with Gasteiger partial charge in [-0.3, -0.25) is 14.6 Å². The normalized spacial score (nSPS) is 22.4. The summed E-state index contributed by atoms with van der Waals surface area (Å²) in [6.45, 7) is 1.77. The molecule has 2 amide bonds. The summed E-state index contributed by atoms with van der Waals surface area (Å²) < 4.78 is 0. The molecule has 2 aliphatic rings. The summed E-state index contributed by atoms with van der Waals surface area (Å²) in [5, 5.41) is 6.41. The maximum absolute atomic E-state index is 13.6. The number of aromatic nitrogens is 1. The van der Waals surface area contributed by atoms with Crippen LogP contribution in [0.5, 0.6) is 0 Å². The van der Waals surface area contributed by atoms with E-state index in [2.05, 4.69) is 15.6 Å². The van der Waals surface area contributed by atoms with Crippen LogP contribution in [0.2, 0.25) is 0 Å². The van der Waals surface area contributed by atoms with Crippen LogP contribution >= 0.6 is 0 Å². The van der Waals surface area contributed by atoms with Gasteiger partial charge < -0.3 is 15.5 Å². The van der Waals surface area contributed by atoms with E-state index < -0.39 is 6.04 Å². The molecule has 2 N–H and O–H groups in total. The van der Waals surface area contributed by atoms with Crippen molar-refractivity contribution in [2.24, 2.45) is 0 Å². The zero-order valence-corrected chi connectivity index (χ0v) is 15.9. The van der Waals surface area contributed by atoms with E-state index >= 15 is 0 Å². The van der Waals surface area contributed by atoms with Gasteiger partial charge in [-0.15, -0.1) is 0 Å². The van der Waals surface area contributed by atoms with Gasteiger partial charge in [-0.1, -0.05) is 30.3 Å². The number of carbonyl (C=O) groups is 2. The van der Waals surface area contributed by atoms with Crippen LogP contribution in [-0.4, -0.2) is 52.9 Å². The Morgan fingerprint density at radius 3 is 2.71 bits per heavy atom. The van der Waals surface area contributed by atoms with Gasteiger partial charge in [-0.25, -0.2) is 0 Å². The predicted molar refractivity (Wildman–Crippen MR) is 107 cm³/mol. The van der Waals surface area contributed by atoms with Crippen LogP contribution in [0.1, 0.15) is 35.2 Å². The molecule has 6 nitrogen and oxygen atoms in total. The lowest BCUT2D eigenvalue weighted by molar-refractivity contribution is -0.135. The van der Waals surface area contributed by atoms with Crippen molar-refractivity contribution in [2.45, 2.75) is 43.8 Å². The molecule has 2 aromatic rings. The molecule has 0 aliphatic carbocycles. The first-order valence-corrected chi connectivity index (χ1v) is 10.00. The highest BCUT2D eigenvalue weighted by atomic mass is 16.2. The lowest BCUT2D eigenvalue weighted by atomic mass is 10.0. The molecule has 2 fully saturated rings. The van der Waals surface area contributed by atoms with E-state index in [0.717, 1.165) is 37.9 Å². The summed E-state index contributed by atoms with van der Waals surface area (Å²) in [6.07, 6.45) is 6.68. The third-order valence-electron chi connectivity index (χ3n) is 5.72. The van der Waals surface area contributed by atoms with Crippen molar-refractivity contribution in [3.05, 3.63) is 66.0 Å². The van der Waals surface area contributed by atoms with Crippen molar-refractivity contribution < 1.29 is 9.59 Å². The molecule has 0 saturated carbocycles. The maximum Gasteiger partial charge on any atom is 0.253 e. The van der Waals surface area contributed by atoms with Crippen molar-refractivity contribution in [1.29, 1.82) is 0 Å². The zero-order chi connectivity index (χ0) is 19.3. The Bertz CT molecular complexity index is 798. The van der Waals surface area contributed by atoms with Crippen LogP contribution < -0.4 is 10.6 Å². The average molecular weight is 378 g/mol. The number of nitrogens with zero attached hydrogens (tertiary/aromatic N) is 2. The van der Waals surface area contributed by atoms with E-state index in [-0.39, 0.29) is 23.9 Å². The fourth-order valence-corrected chi connectivity index (χ4v) is 4.31. The van der Waals surface area contributed by atoms with Crippen molar-refractivity contribution in [2.75, 3.05) is 13.1 Å². The molecule has 6 heteroatoms. The number of carbonyl (C=O) groups excluding carboxylic acids is 2. The van der Waals surface area contributed by atoms with Gasteiger partial charge in [0, 0.05) is 37.4 Å². The Kier molecular flexibility index (Phi) is 5.67. The fourth-order valence-electron chi connectivity index (χ4n) is 4.31. The quantitative estimate of drug-likeness (QED) is 0.832. The summed E-state index contributed by atoms with van der Waals surface area (Å²) >= 11 is 0. The van der Waals surface area contributed by atoms with E-state index in [9.17, 15) is 9.59 Å².